The van der Waals surface area contributed by atoms with Gasteiger partial charge in [0.05, 0.1) is 30.5 Å². The van der Waals surface area contributed by atoms with E-state index in [1.807, 2.05) is 6.92 Å². The summed E-state index contributed by atoms with van der Waals surface area (Å²) in [5, 5.41) is 2.95. The Balaban J connectivity index is 1.78. The van der Waals surface area contributed by atoms with Gasteiger partial charge in [-0.25, -0.2) is 14.6 Å². The zero-order valence-corrected chi connectivity index (χ0v) is 18.8. The highest BCUT2D eigenvalue weighted by Gasteiger charge is 2.21. The third-order valence-electron chi connectivity index (χ3n) is 4.51. The third kappa shape index (κ3) is 5.02. The first-order valence-electron chi connectivity index (χ1n) is 10.1. The highest BCUT2D eigenvalue weighted by atomic mass is 32.1. The molecule has 2 heterocycles. The standard InChI is InChI=1S/C22H23N3O6S/c1-4-9-31-21(28)14-7-6-8-15(10-14)24-16(26)11-25-12-23-19-17(20(25)27)13(3)18(32-19)22(29)30-5-2/h6-8,10,12H,4-5,9,11H2,1-3H3,(H,24,26). The van der Waals surface area contributed by atoms with Crippen molar-refractivity contribution in [2.45, 2.75) is 33.7 Å². The van der Waals surface area contributed by atoms with Crippen molar-refractivity contribution in [2.75, 3.05) is 18.5 Å². The summed E-state index contributed by atoms with van der Waals surface area (Å²) in [5.41, 5.74) is 0.775. The van der Waals surface area contributed by atoms with E-state index >= 15 is 0 Å². The second-order valence-corrected chi connectivity index (χ2v) is 7.90. The Bertz CT molecular complexity index is 1230. The van der Waals surface area contributed by atoms with Crippen LogP contribution < -0.4 is 10.9 Å². The minimum absolute atomic E-state index is 0.224. The summed E-state index contributed by atoms with van der Waals surface area (Å²) >= 11 is 1.08. The van der Waals surface area contributed by atoms with E-state index in [2.05, 4.69) is 10.3 Å². The summed E-state index contributed by atoms with van der Waals surface area (Å²) in [6.07, 6.45) is 1.98. The molecule has 0 bridgehead atoms. The zero-order chi connectivity index (χ0) is 23.3. The van der Waals surface area contributed by atoms with Crippen molar-refractivity contribution >= 4 is 45.1 Å². The Hall–Kier alpha value is -3.53. The molecule has 0 aliphatic heterocycles. The van der Waals surface area contributed by atoms with Crippen molar-refractivity contribution < 1.29 is 23.9 Å². The van der Waals surface area contributed by atoms with Crippen molar-refractivity contribution in [3.63, 3.8) is 0 Å². The van der Waals surface area contributed by atoms with Crippen LogP contribution in [0.3, 0.4) is 0 Å². The lowest BCUT2D eigenvalue weighted by Crippen LogP contribution is -2.28. The van der Waals surface area contributed by atoms with Gasteiger partial charge in [-0.1, -0.05) is 13.0 Å². The molecule has 3 aromatic rings. The van der Waals surface area contributed by atoms with E-state index in [0.29, 0.717) is 39.5 Å². The van der Waals surface area contributed by atoms with E-state index in [0.717, 1.165) is 11.3 Å². The molecule has 1 aromatic carbocycles. The summed E-state index contributed by atoms with van der Waals surface area (Å²) in [6.45, 7) is 5.51. The van der Waals surface area contributed by atoms with Crippen LogP contribution in [0.5, 0.6) is 0 Å². The van der Waals surface area contributed by atoms with Crippen molar-refractivity contribution in [1.29, 1.82) is 0 Å². The fourth-order valence-electron chi connectivity index (χ4n) is 3.02. The van der Waals surface area contributed by atoms with E-state index in [9.17, 15) is 19.2 Å². The lowest BCUT2D eigenvalue weighted by atomic mass is 10.2. The average molecular weight is 458 g/mol. The first-order valence-corrected chi connectivity index (χ1v) is 10.9. The van der Waals surface area contributed by atoms with Gasteiger partial charge in [-0.2, -0.15) is 0 Å². The maximum absolute atomic E-state index is 12.9. The lowest BCUT2D eigenvalue weighted by Gasteiger charge is -2.09. The first kappa shape index (κ1) is 23.1. The average Bonchev–Trinajstić information content (AvgIpc) is 3.11. The van der Waals surface area contributed by atoms with Gasteiger partial charge in [0.15, 0.2) is 0 Å². The van der Waals surface area contributed by atoms with Crippen LogP contribution >= 0.6 is 11.3 Å². The molecule has 0 spiro atoms. The van der Waals surface area contributed by atoms with Crippen LogP contribution in [-0.4, -0.2) is 40.6 Å². The van der Waals surface area contributed by atoms with Crippen LogP contribution in [0, 0.1) is 6.92 Å². The number of thiophene rings is 1. The first-order chi connectivity index (χ1) is 15.3. The summed E-state index contributed by atoms with van der Waals surface area (Å²) in [6, 6.07) is 6.36. The van der Waals surface area contributed by atoms with Gasteiger partial charge in [-0.15, -0.1) is 11.3 Å². The summed E-state index contributed by atoms with van der Waals surface area (Å²) in [5.74, 6) is -1.45. The molecule has 0 radical (unpaired) electrons. The number of amides is 1. The Morgan fingerprint density at radius 1 is 1.16 bits per heavy atom. The van der Waals surface area contributed by atoms with Crippen LogP contribution in [0.25, 0.3) is 10.2 Å². The largest absolute Gasteiger partial charge is 0.462 e. The molecular weight excluding hydrogens is 434 g/mol. The van der Waals surface area contributed by atoms with Gasteiger partial charge in [0.1, 0.15) is 16.3 Å². The smallest absolute Gasteiger partial charge is 0.348 e. The second-order valence-electron chi connectivity index (χ2n) is 6.90. The third-order valence-corrected chi connectivity index (χ3v) is 5.69. The number of carbonyl (C=O) groups is 3. The predicted octanol–water partition coefficient (Wildman–Crippen LogP) is 3.15. The Labute approximate surface area is 188 Å². The van der Waals surface area contributed by atoms with Crippen LogP contribution in [0.4, 0.5) is 5.69 Å². The van der Waals surface area contributed by atoms with E-state index < -0.39 is 23.4 Å². The molecule has 1 amide bonds. The number of ether oxygens (including phenoxy) is 2. The summed E-state index contributed by atoms with van der Waals surface area (Å²) < 4.78 is 11.3. The van der Waals surface area contributed by atoms with Crippen molar-refractivity contribution in [3.05, 3.63) is 57.0 Å². The molecule has 0 aliphatic rings. The number of aryl methyl sites for hydroxylation is 1. The number of hydrogen-bond acceptors (Lipinski definition) is 8. The number of carbonyl (C=O) groups excluding carboxylic acids is 3. The quantitative estimate of drug-likeness (QED) is 0.517. The number of esters is 2. The number of nitrogens with one attached hydrogen (secondary N) is 1. The monoisotopic (exact) mass is 457 g/mol. The number of hydrogen-bond donors (Lipinski definition) is 1. The van der Waals surface area contributed by atoms with Crippen molar-refractivity contribution in [3.8, 4) is 0 Å². The molecule has 0 saturated heterocycles. The number of benzene rings is 1. The molecule has 0 saturated carbocycles. The normalized spacial score (nSPS) is 10.7. The summed E-state index contributed by atoms with van der Waals surface area (Å²) in [7, 11) is 0. The van der Waals surface area contributed by atoms with Gasteiger partial charge in [0.25, 0.3) is 5.56 Å². The molecule has 9 nitrogen and oxygen atoms in total. The van der Waals surface area contributed by atoms with Crippen molar-refractivity contribution in [1.82, 2.24) is 9.55 Å². The molecule has 0 aliphatic carbocycles. The lowest BCUT2D eigenvalue weighted by molar-refractivity contribution is -0.116. The maximum Gasteiger partial charge on any atom is 0.348 e. The Morgan fingerprint density at radius 3 is 2.66 bits per heavy atom. The molecular formula is C22H23N3O6S. The van der Waals surface area contributed by atoms with Crippen molar-refractivity contribution in [2.24, 2.45) is 0 Å². The maximum atomic E-state index is 12.9. The van der Waals surface area contributed by atoms with Crippen LogP contribution in [0.15, 0.2) is 35.4 Å². The summed E-state index contributed by atoms with van der Waals surface area (Å²) in [4.78, 5) is 54.5. The molecule has 0 atom stereocenters. The number of aromatic nitrogens is 2. The van der Waals surface area contributed by atoms with E-state index in [1.165, 1.54) is 17.0 Å². The van der Waals surface area contributed by atoms with Gasteiger partial charge in [-0.3, -0.25) is 14.2 Å². The fourth-order valence-corrected chi connectivity index (χ4v) is 4.05. The molecule has 0 fully saturated rings. The Kier molecular flexibility index (Phi) is 7.37. The van der Waals surface area contributed by atoms with Crippen LogP contribution in [0.2, 0.25) is 0 Å². The SMILES string of the molecule is CCCOC(=O)c1cccc(NC(=O)Cn2cnc3sc(C(=O)OCC)c(C)c3c2=O)c1. The second kappa shape index (κ2) is 10.2. The predicted molar refractivity (Wildman–Crippen MR) is 120 cm³/mol. The van der Waals surface area contributed by atoms with Gasteiger partial charge in [-0.05, 0) is 44.0 Å². The zero-order valence-electron chi connectivity index (χ0n) is 18.0. The molecule has 3 rings (SSSR count). The topological polar surface area (TPSA) is 117 Å². The number of fused-ring (bicyclic) bond motifs is 1. The van der Waals surface area contributed by atoms with E-state index in [1.54, 1.807) is 32.0 Å². The van der Waals surface area contributed by atoms with Crippen LogP contribution in [-0.2, 0) is 20.8 Å². The van der Waals surface area contributed by atoms with Gasteiger partial charge >= 0.3 is 11.9 Å². The van der Waals surface area contributed by atoms with Gasteiger partial charge in [0, 0.05) is 5.69 Å². The highest BCUT2D eigenvalue weighted by molar-refractivity contribution is 7.20. The molecule has 0 unspecified atom stereocenters. The minimum atomic E-state index is -0.506. The number of nitrogens with zero attached hydrogens (tertiary/aromatic N) is 2. The Morgan fingerprint density at radius 2 is 1.94 bits per heavy atom. The minimum Gasteiger partial charge on any atom is -0.462 e. The fraction of sp³-hybridized carbons (Fsp3) is 0.318. The number of anilines is 1. The van der Waals surface area contributed by atoms with E-state index in [-0.39, 0.29) is 18.5 Å². The molecule has 1 N–H and O–H groups in total. The van der Waals surface area contributed by atoms with E-state index in [4.69, 9.17) is 9.47 Å². The molecule has 32 heavy (non-hydrogen) atoms. The molecule has 168 valence electrons. The molecule has 10 heteroatoms. The van der Waals surface area contributed by atoms with Gasteiger partial charge in [0.2, 0.25) is 5.91 Å². The highest BCUT2D eigenvalue weighted by Crippen LogP contribution is 2.27. The van der Waals surface area contributed by atoms with Crippen LogP contribution in [0.1, 0.15) is 45.9 Å². The van der Waals surface area contributed by atoms with Gasteiger partial charge < -0.3 is 14.8 Å². The molecule has 2 aromatic heterocycles. The number of rotatable bonds is 8.